The summed E-state index contributed by atoms with van der Waals surface area (Å²) >= 11 is 0. The van der Waals surface area contributed by atoms with Gasteiger partial charge in [-0.3, -0.25) is 4.79 Å². The fourth-order valence-corrected chi connectivity index (χ4v) is 2.80. The molecule has 1 fully saturated rings. The molecule has 1 unspecified atom stereocenters. The van der Waals surface area contributed by atoms with Gasteiger partial charge in [0.15, 0.2) is 0 Å². The molecule has 7 heteroatoms. The van der Waals surface area contributed by atoms with Crippen molar-refractivity contribution in [2.24, 2.45) is 5.92 Å². The molecule has 7 nitrogen and oxygen atoms in total. The molecule has 3 amide bonds. The minimum absolute atomic E-state index is 0.0729. The van der Waals surface area contributed by atoms with E-state index in [1.54, 1.807) is 50.2 Å². The Morgan fingerprint density at radius 3 is 2.52 bits per heavy atom. The number of nitrogens with zero attached hydrogens (tertiary/aromatic N) is 2. The number of hydrogen-bond donors (Lipinski definition) is 1. The number of carbonyl (C=O) groups is 3. The highest BCUT2D eigenvalue weighted by Gasteiger charge is 2.29. The lowest BCUT2D eigenvalue weighted by Gasteiger charge is -2.33. The quantitative estimate of drug-likeness (QED) is 0.847. The molecule has 1 aliphatic rings. The van der Waals surface area contributed by atoms with E-state index in [4.69, 9.17) is 4.74 Å². The number of anilines is 1. The Morgan fingerprint density at radius 2 is 1.92 bits per heavy atom. The summed E-state index contributed by atoms with van der Waals surface area (Å²) in [7, 11) is 3.41. The number of carbonyl (C=O) groups excluding carboxylic acids is 3. The normalized spacial score (nSPS) is 16.9. The molecule has 1 saturated heterocycles. The number of likely N-dealkylation sites (tertiary alicyclic amines) is 1. The molecule has 136 valence electrons. The number of rotatable bonds is 4. The maximum Gasteiger partial charge on any atom is 0.338 e. The van der Waals surface area contributed by atoms with Crippen molar-refractivity contribution in [1.29, 1.82) is 0 Å². The third-order valence-electron chi connectivity index (χ3n) is 4.11. The lowest BCUT2D eigenvalue weighted by Crippen LogP contribution is -2.47. The van der Waals surface area contributed by atoms with Crippen LogP contribution < -0.4 is 5.32 Å². The largest absolute Gasteiger partial charge is 0.462 e. The van der Waals surface area contributed by atoms with Crippen LogP contribution >= 0.6 is 0 Å². The number of esters is 1. The number of ether oxygens (including phenoxy) is 1. The summed E-state index contributed by atoms with van der Waals surface area (Å²) in [5.74, 6) is -0.729. The van der Waals surface area contributed by atoms with Gasteiger partial charge in [0.1, 0.15) is 0 Å². The molecule has 1 aromatic rings. The average molecular weight is 347 g/mol. The highest BCUT2D eigenvalue weighted by Crippen LogP contribution is 2.20. The first kappa shape index (κ1) is 18.8. The zero-order valence-electron chi connectivity index (χ0n) is 14.9. The van der Waals surface area contributed by atoms with Gasteiger partial charge in [0, 0.05) is 32.9 Å². The van der Waals surface area contributed by atoms with Gasteiger partial charge < -0.3 is 19.9 Å². The van der Waals surface area contributed by atoms with Gasteiger partial charge in [0.25, 0.3) is 0 Å². The van der Waals surface area contributed by atoms with E-state index < -0.39 is 0 Å². The van der Waals surface area contributed by atoms with Crippen molar-refractivity contribution in [3.63, 3.8) is 0 Å². The summed E-state index contributed by atoms with van der Waals surface area (Å²) < 4.78 is 4.93. The molecule has 0 spiro atoms. The van der Waals surface area contributed by atoms with Crippen LogP contribution in [0.1, 0.15) is 30.1 Å². The summed E-state index contributed by atoms with van der Waals surface area (Å²) in [4.78, 5) is 39.4. The van der Waals surface area contributed by atoms with Gasteiger partial charge in [0.2, 0.25) is 5.91 Å². The molecule has 2 rings (SSSR count). The minimum Gasteiger partial charge on any atom is -0.462 e. The van der Waals surface area contributed by atoms with Gasteiger partial charge in [0.05, 0.1) is 18.1 Å². The molecule has 0 aliphatic carbocycles. The SMILES string of the molecule is CCOC(=O)c1ccc(NC(=O)C2CCCN(C(=O)N(C)C)C2)cc1. The van der Waals surface area contributed by atoms with Gasteiger partial charge in [-0.15, -0.1) is 0 Å². The van der Waals surface area contributed by atoms with E-state index in [-0.39, 0.29) is 23.8 Å². The second kappa shape index (κ2) is 8.50. The van der Waals surface area contributed by atoms with Gasteiger partial charge >= 0.3 is 12.0 Å². The van der Waals surface area contributed by atoms with Gasteiger partial charge in [-0.05, 0) is 44.0 Å². The van der Waals surface area contributed by atoms with Crippen LogP contribution in [-0.4, -0.2) is 61.5 Å². The second-order valence-electron chi connectivity index (χ2n) is 6.25. The van der Waals surface area contributed by atoms with Crippen LogP contribution in [0.3, 0.4) is 0 Å². The zero-order chi connectivity index (χ0) is 18.4. The van der Waals surface area contributed by atoms with Crippen molar-refractivity contribution in [1.82, 2.24) is 9.80 Å². The molecule has 0 aromatic heterocycles. The Kier molecular flexibility index (Phi) is 6.38. The molecule has 1 aromatic carbocycles. The number of urea groups is 1. The van der Waals surface area contributed by atoms with E-state index in [0.29, 0.717) is 30.9 Å². The number of piperidine rings is 1. The van der Waals surface area contributed by atoms with Crippen LogP contribution in [0.25, 0.3) is 0 Å². The van der Waals surface area contributed by atoms with E-state index >= 15 is 0 Å². The highest BCUT2D eigenvalue weighted by molar-refractivity contribution is 5.94. The predicted molar refractivity (Wildman–Crippen MR) is 94.4 cm³/mol. The molecule has 1 heterocycles. The maximum atomic E-state index is 12.5. The molecule has 0 bridgehead atoms. The number of benzene rings is 1. The fourth-order valence-electron chi connectivity index (χ4n) is 2.80. The highest BCUT2D eigenvalue weighted by atomic mass is 16.5. The molecule has 1 N–H and O–H groups in total. The fraction of sp³-hybridized carbons (Fsp3) is 0.500. The standard InChI is InChI=1S/C18H25N3O4/c1-4-25-17(23)13-7-9-15(10-8-13)19-16(22)14-6-5-11-21(12-14)18(24)20(2)3/h7-10,14H,4-6,11-12H2,1-3H3,(H,19,22). The molecular formula is C18H25N3O4. The van der Waals surface area contributed by atoms with E-state index in [2.05, 4.69) is 5.32 Å². The molecule has 25 heavy (non-hydrogen) atoms. The van der Waals surface area contributed by atoms with Crippen molar-refractivity contribution < 1.29 is 19.1 Å². The number of hydrogen-bond acceptors (Lipinski definition) is 4. The van der Waals surface area contributed by atoms with E-state index in [9.17, 15) is 14.4 Å². The smallest absolute Gasteiger partial charge is 0.338 e. The van der Waals surface area contributed by atoms with E-state index in [0.717, 1.165) is 12.8 Å². The van der Waals surface area contributed by atoms with E-state index in [1.165, 1.54) is 4.90 Å². The molecule has 1 aliphatic heterocycles. The first-order valence-corrected chi connectivity index (χ1v) is 8.46. The maximum absolute atomic E-state index is 12.5. The van der Waals surface area contributed by atoms with Gasteiger partial charge in [-0.2, -0.15) is 0 Å². The Hall–Kier alpha value is -2.57. The van der Waals surface area contributed by atoms with Crippen LogP contribution in [0.2, 0.25) is 0 Å². The van der Waals surface area contributed by atoms with Gasteiger partial charge in [-0.25, -0.2) is 9.59 Å². The summed E-state index contributed by atoms with van der Waals surface area (Å²) in [6.07, 6.45) is 1.56. The summed E-state index contributed by atoms with van der Waals surface area (Å²) in [6, 6.07) is 6.52. The number of amides is 3. The second-order valence-corrected chi connectivity index (χ2v) is 6.25. The third kappa shape index (κ3) is 4.95. The van der Waals surface area contributed by atoms with Crippen LogP contribution in [0.4, 0.5) is 10.5 Å². The monoisotopic (exact) mass is 347 g/mol. The van der Waals surface area contributed by atoms with Gasteiger partial charge in [-0.1, -0.05) is 0 Å². The van der Waals surface area contributed by atoms with Crippen LogP contribution in [0.15, 0.2) is 24.3 Å². The zero-order valence-corrected chi connectivity index (χ0v) is 14.9. The van der Waals surface area contributed by atoms with Crippen molar-refractivity contribution in [2.45, 2.75) is 19.8 Å². The Balaban J connectivity index is 1.95. The third-order valence-corrected chi connectivity index (χ3v) is 4.11. The van der Waals surface area contributed by atoms with Crippen molar-refractivity contribution in [2.75, 3.05) is 39.1 Å². The molecule has 0 saturated carbocycles. The Bertz CT molecular complexity index is 628. The predicted octanol–water partition coefficient (Wildman–Crippen LogP) is 2.20. The summed E-state index contributed by atoms with van der Waals surface area (Å²) in [5.41, 5.74) is 1.06. The van der Waals surface area contributed by atoms with Crippen LogP contribution in [0.5, 0.6) is 0 Å². The van der Waals surface area contributed by atoms with Crippen LogP contribution in [-0.2, 0) is 9.53 Å². The van der Waals surface area contributed by atoms with Crippen molar-refractivity contribution in [3.05, 3.63) is 29.8 Å². The average Bonchev–Trinajstić information content (AvgIpc) is 2.61. The minimum atomic E-state index is -0.384. The Morgan fingerprint density at radius 1 is 1.24 bits per heavy atom. The van der Waals surface area contributed by atoms with Crippen molar-refractivity contribution >= 4 is 23.6 Å². The molecule has 0 radical (unpaired) electrons. The molecule has 1 atom stereocenters. The summed E-state index contributed by atoms with van der Waals surface area (Å²) in [5, 5.41) is 2.86. The topological polar surface area (TPSA) is 79.0 Å². The first-order valence-electron chi connectivity index (χ1n) is 8.46. The number of nitrogens with one attached hydrogen (secondary N) is 1. The first-order chi connectivity index (χ1) is 11.9. The lowest BCUT2D eigenvalue weighted by molar-refractivity contribution is -0.121. The Labute approximate surface area is 147 Å². The van der Waals surface area contributed by atoms with Crippen molar-refractivity contribution in [3.8, 4) is 0 Å². The molecular weight excluding hydrogens is 322 g/mol. The summed E-state index contributed by atoms with van der Waals surface area (Å²) in [6.45, 7) is 3.17. The lowest BCUT2D eigenvalue weighted by atomic mass is 9.97. The van der Waals surface area contributed by atoms with E-state index in [1.807, 2.05) is 0 Å². The van der Waals surface area contributed by atoms with Crippen LogP contribution in [0, 0.1) is 5.92 Å².